The molecule has 0 aliphatic carbocycles. The second-order valence-corrected chi connectivity index (χ2v) is 4.00. The Morgan fingerprint density at radius 1 is 1.39 bits per heavy atom. The lowest BCUT2D eigenvalue weighted by Crippen LogP contribution is -2.18. The number of ether oxygens (including phenoxy) is 2. The van der Waals surface area contributed by atoms with Crippen molar-refractivity contribution in [1.29, 1.82) is 0 Å². The van der Waals surface area contributed by atoms with Crippen molar-refractivity contribution in [3.8, 4) is 5.75 Å². The Labute approximate surface area is 108 Å². The first-order valence-corrected chi connectivity index (χ1v) is 6.25. The molecule has 100 valence electrons. The third kappa shape index (κ3) is 5.68. The predicted molar refractivity (Wildman–Crippen MR) is 70.6 cm³/mol. The highest BCUT2D eigenvalue weighted by atomic mass is 16.5. The lowest BCUT2D eigenvalue weighted by molar-refractivity contribution is -0.140. The second-order valence-electron chi connectivity index (χ2n) is 4.00. The van der Waals surface area contributed by atoms with Gasteiger partial charge in [-0.3, -0.25) is 4.79 Å². The number of hydrogen-bond donors (Lipinski definition) is 1. The van der Waals surface area contributed by atoms with Gasteiger partial charge in [-0.05, 0) is 24.1 Å². The second kappa shape index (κ2) is 8.53. The van der Waals surface area contributed by atoms with E-state index in [1.54, 1.807) is 0 Å². The van der Waals surface area contributed by atoms with Crippen molar-refractivity contribution < 1.29 is 14.3 Å². The number of benzene rings is 1. The summed E-state index contributed by atoms with van der Waals surface area (Å²) in [5.74, 6) is 0.701. The van der Waals surface area contributed by atoms with Gasteiger partial charge in [-0.1, -0.05) is 19.1 Å². The molecule has 0 heterocycles. The van der Waals surface area contributed by atoms with Crippen molar-refractivity contribution >= 4 is 5.97 Å². The minimum Gasteiger partial charge on any atom is -0.494 e. The minimum absolute atomic E-state index is 0.192. The SMILES string of the molecule is CCCOc1cccc(CNCCC(=O)OC)c1. The molecule has 1 rings (SSSR count). The molecule has 4 heteroatoms. The third-order valence-electron chi connectivity index (χ3n) is 2.43. The van der Waals surface area contributed by atoms with Crippen LogP contribution < -0.4 is 10.1 Å². The molecule has 1 aromatic carbocycles. The predicted octanol–water partition coefficient (Wildman–Crippen LogP) is 2.13. The summed E-state index contributed by atoms with van der Waals surface area (Å²) in [5, 5.41) is 3.19. The van der Waals surface area contributed by atoms with Gasteiger partial charge in [0.2, 0.25) is 0 Å². The van der Waals surface area contributed by atoms with Crippen molar-refractivity contribution in [2.45, 2.75) is 26.3 Å². The molecule has 0 amide bonds. The van der Waals surface area contributed by atoms with Crippen LogP contribution in [0.4, 0.5) is 0 Å². The zero-order valence-electron chi connectivity index (χ0n) is 11.1. The van der Waals surface area contributed by atoms with Crippen molar-refractivity contribution in [3.05, 3.63) is 29.8 Å². The highest BCUT2D eigenvalue weighted by Crippen LogP contribution is 2.13. The molecule has 4 nitrogen and oxygen atoms in total. The van der Waals surface area contributed by atoms with Crippen LogP contribution in [0.15, 0.2) is 24.3 Å². The van der Waals surface area contributed by atoms with Gasteiger partial charge < -0.3 is 14.8 Å². The minimum atomic E-state index is -0.192. The zero-order chi connectivity index (χ0) is 13.2. The molecule has 0 aliphatic rings. The summed E-state index contributed by atoms with van der Waals surface area (Å²) in [6.45, 7) is 4.16. The van der Waals surface area contributed by atoms with Gasteiger partial charge in [-0.25, -0.2) is 0 Å². The molecule has 0 atom stereocenters. The molecule has 0 unspecified atom stereocenters. The highest BCUT2D eigenvalue weighted by molar-refractivity contribution is 5.69. The molecule has 0 radical (unpaired) electrons. The Kier molecular flexibility index (Phi) is 6.87. The number of hydrogen-bond acceptors (Lipinski definition) is 4. The summed E-state index contributed by atoms with van der Waals surface area (Å²) in [6, 6.07) is 7.97. The van der Waals surface area contributed by atoms with E-state index in [1.165, 1.54) is 7.11 Å². The highest BCUT2D eigenvalue weighted by Gasteiger charge is 2.00. The van der Waals surface area contributed by atoms with E-state index in [-0.39, 0.29) is 5.97 Å². The molecule has 0 fully saturated rings. The summed E-state index contributed by atoms with van der Waals surface area (Å²) in [4.78, 5) is 10.9. The fourth-order valence-electron chi connectivity index (χ4n) is 1.49. The maximum absolute atomic E-state index is 10.9. The summed E-state index contributed by atoms with van der Waals surface area (Å²) < 4.78 is 10.1. The van der Waals surface area contributed by atoms with Crippen molar-refractivity contribution in [2.24, 2.45) is 0 Å². The maximum atomic E-state index is 10.9. The van der Waals surface area contributed by atoms with Crippen LogP contribution >= 0.6 is 0 Å². The monoisotopic (exact) mass is 251 g/mol. The number of rotatable bonds is 8. The maximum Gasteiger partial charge on any atom is 0.306 e. The standard InChI is InChI=1S/C14H21NO3/c1-3-9-18-13-6-4-5-12(10-13)11-15-8-7-14(16)17-2/h4-6,10,15H,3,7-9,11H2,1-2H3. The van der Waals surface area contributed by atoms with Crippen LogP contribution in [-0.2, 0) is 16.1 Å². The quantitative estimate of drug-likeness (QED) is 0.568. The topological polar surface area (TPSA) is 47.6 Å². The van der Waals surface area contributed by atoms with Gasteiger partial charge in [-0.15, -0.1) is 0 Å². The first kappa shape index (κ1) is 14.5. The molecule has 0 saturated carbocycles. The first-order chi connectivity index (χ1) is 8.76. The van der Waals surface area contributed by atoms with Crippen molar-refractivity contribution in [1.82, 2.24) is 5.32 Å². The van der Waals surface area contributed by atoms with E-state index >= 15 is 0 Å². The number of methoxy groups -OCH3 is 1. The Balaban J connectivity index is 2.31. The number of carbonyl (C=O) groups excluding carboxylic acids is 1. The van der Waals surface area contributed by atoms with Gasteiger partial charge in [0.25, 0.3) is 0 Å². The van der Waals surface area contributed by atoms with Crippen LogP contribution in [0.25, 0.3) is 0 Å². The molecular weight excluding hydrogens is 230 g/mol. The lowest BCUT2D eigenvalue weighted by atomic mass is 10.2. The average Bonchev–Trinajstić information content (AvgIpc) is 2.41. The Hall–Kier alpha value is -1.55. The van der Waals surface area contributed by atoms with Crippen molar-refractivity contribution in [3.63, 3.8) is 0 Å². The number of carbonyl (C=O) groups is 1. The van der Waals surface area contributed by atoms with Gasteiger partial charge in [0.05, 0.1) is 20.1 Å². The van der Waals surface area contributed by atoms with Crippen LogP contribution in [0, 0.1) is 0 Å². The van der Waals surface area contributed by atoms with Crippen molar-refractivity contribution in [2.75, 3.05) is 20.3 Å². The largest absolute Gasteiger partial charge is 0.494 e. The molecule has 1 N–H and O–H groups in total. The molecule has 0 aliphatic heterocycles. The number of esters is 1. The molecule has 18 heavy (non-hydrogen) atoms. The van der Waals surface area contributed by atoms with Crippen LogP contribution in [0.5, 0.6) is 5.75 Å². The summed E-state index contributed by atoms with van der Waals surface area (Å²) in [6.07, 6.45) is 1.39. The van der Waals surface area contributed by atoms with Gasteiger partial charge in [0.1, 0.15) is 5.75 Å². The molecule has 0 saturated heterocycles. The van der Waals surface area contributed by atoms with E-state index in [9.17, 15) is 4.79 Å². The first-order valence-electron chi connectivity index (χ1n) is 6.25. The van der Waals surface area contributed by atoms with E-state index in [2.05, 4.69) is 17.0 Å². The van der Waals surface area contributed by atoms with Gasteiger partial charge in [0, 0.05) is 13.1 Å². The van der Waals surface area contributed by atoms with E-state index in [0.29, 0.717) is 13.0 Å². The molecule has 0 spiro atoms. The van der Waals surface area contributed by atoms with Crippen LogP contribution in [0.1, 0.15) is 25.3 Å². The van der Waals surface area contributed by atoms with E-state index < -0.39 is 0 Å². The third-order valence-corrected chi connectivity index (χ3v) is 2.43. The Morgan fingerprint density at radius 2 is 2.22 bits per heavy atom. The summed E-state index contributed by atoms with van der Waals surface area (Å²) in [7, 11) is 1.40. The fraction of sp³-hybridized carbons (Fsp3) is 0.500. The zero-order valence-corrected chi connectivity index (χ0v) is 11.1. The van der Waals surface area contributed by atoms with E-state index in [0.717, 1.165) is 30.9 Å². The van der Waals surface area contributed by atoms with Crippen LogP contribution in [-0.4, -0.2) is 26.2 Å². The van der Waals surface area contributed by atoms with E-state index in [1.807, 2.05) is 24.3 Å². The Bertz CT molecular complexity index is 366. The van der Waals surface area contributed by atoms with Crippen LogP contribution in [0.2, 0.25) is 0 Å². The fourth-order valence-corrected chi connectivity index (χ4v) is 1.49. The van der Waals surface area contributed by atoms with Gasteiger partial charge in [-0.2, -0.15) is 0 Å². The van der Waals surface area contributed by atoms with Crippen LogP contribution in [0.3, 0.4) is 0 Å². The summed E-state index contributed by atoms with van der Waals surface area (Å²) in [5.41, 5.74) is 1.15. The molecule has 0 bridgehead atoms. The smallest absolute Gasteiger partial charge is 0.306 e. The normalized spacial score (nSPS) is 10.1. The number of nitrogens with one attached hydrogen (secondary N) is 1. The van der Waals surface area contributed by atoms with Gasteiger partial charge in [0.15, 0.2) is 0 Å². The molecule has 0 aromatic heterocycles. The van der Waals surface area contributed by atoms with E-state index in [4.69, 9.17) is 4.74 Å². The van der Waals surface area contributed by atoms with Gasteiger partial charge >= 0.3 is 5.97 Å². The molecular formula is C14H21NO3. The molecule has 1 aromatic rings. The lowest BCUT2D eigenvalue weighted by Gasteiger charge is -2.08. The average molecular weight is 251 g/mol. The summed E-state index contributed by atoms with van der Waals surface area (Å²) >= 11 is 0. The Morgan fingerprint density at radius 3 is 2.94 bits per heavy atom.